The molecular formula is C12H26N2O2. The summed E-state index contributed by atoms with van der Waals surface area (Å²) in [7, 11) is 1.61. The van der Waals surface area contributed by atoms with Gasteiger partial charge in [-0.25, -0.2) is 4.79 Å². The van der Waals surface area contributed by atoms with E-state index in [1.807, 2.05) is 0 Å². The smallest absolute Gasteiger partial charge is 0.314 e. The van der Waals surface area contributed by atoms with Crippen molar-refractivity contribution in [1.82, 2.24) is 10.6 Å². The van der Waals surface area contributed by atoms with Gasteiger partial charge in [0.25, 0.3) is 0 Å². The molecule has 4 nitrogen and oxygen atoms in total. The molecule has 0 unspecified atom stereocenters. The molecule has 0 aliphatic carbocycles. The van der Waals surface area contributed by atoms with Crippen LogP contribution in [0.25, 0.3) is 0 Å². The molecule has 0 heterocycles. The minimum atomic E-state index is -0.149. The highest BCUT2D eigenvalue weighted by molar-refractivity contribution is 5.73. The minimum Gasteiger partial charge on any atom is -0.380 e. The van der Waals surface area contributed by atoms with E-state index in [2.05, 4.69) is 45.3 Å². The van der Waals surface area contributed by atoms with E-state index in [1.54, 1.807) is 7.05 Å². The Hall–Kier alpha value is -0.770. The molecule has 0 aromatic heterocycles. The Morgan fingerprint density at radius 1 is 1.12 bits per heavy atom. The number of carbonyl (C=O) groups is 1. The van der Waals surface area contributed by atoms with Crippen molar-refractivity contribution >= 4 is 6.03 Å². The summed E-state index contributed by atoms with van der Waals surface area (Å²) in [5.41, 5.74) is 0.141. The van der Waals surface area contributed by atoms with Crippen molar-refractivity contribution in [1.29, 1.82) is 0 Å². The Morgan fingerprint density at radius 3 is 2.12 bits per heavy atom. The number of hydrogen-bond acceptors (Lipinski definition) is 2. The normalized spacial score (nSPS) is 12.4. The maximum Gasteiger partial charge on any atom is 0.314 e. The van der Waals surface area contributed by atoms with Crippen LogP contribution in [0.3, 0.4) is 0 Å². The Kier molecular flexibility index (Phi) is 5.79. The highest BCUT2D eigenvalue weighted by Crippen LogP contribution is 2.18. The van der Waals surface area contributed by atoms with Crippen molar-refractivity contribution in [2.24, 2.45) is 10.8 Å². The van der Waals surface area contributed by atoms with Crippen LogP contribution < -0.4 is 10.6 Å². The van der Waals surface area contributed by atoms with Crippen molar-refractivity contribution in [3.05, 3.63) is 0 Å². The second-order valence-corrected chi connectivity index (χ2v) is 6.15. The molecule has 0 radical (unpaired) electrons. The summed E-state index contributed by atoms with van der Waals surface area (Å²) in [6.45, 7) is 12.6. The summed E-state index contributed by atoms with van der Waals surface area (Å²) in [6, 6.07) is -0.149. The summed E-state index contributed by atoms with van der Waals surface area (Å²) in [5.74, 6) is 0. The fraction of sp³-hybridized carbons (Fsp3) is 0.917. The third-order valence-corrected chi connectivity index (χ3v) is 1.98. The quantitative estimate of drug-likeness (QED) is 0.759. The molecule has 16 heavy (non-hydrogen) atoms. The van der Waals surface area contributed by atoms with Gasteiger partial charge in [-0.05, 0) is 5.41 Å². The van der Waals surface area contributed by atoms with Gasteiger partial charge >= 0.3 is 6.03 Å². The molecule has 0 bridgehead atoms. The lowest BCUT2D eigenvalue weighted by molar-refractivity contribution is 0.0222. The summed E-state index contributed by atoms with van der Waals surface area (Å²) >= 11 is 0. The number of carbonyl (C=O) groups excluding carboxylic acids is 1. The first-order chi connectivity index (χ1) is 7.16. The summed E-state index contributed by atoms with van der Waals surface area (Å²) in [6.07, 6.45) is 0. The average molecular weight is 230 g/mol. The molecule has 4 heteroatoms. The van der Waals surface area contributed by atoms with Crippen LogP contribution in [0.15, 0.2) is 0 Å². The number of nitrogens with one attached hydrogen (secondary N) is 2. The van der Waals surface area contributed by atoms with Crippen LogP contribution in [0, 0.1) is 10.8 Å². The Morgan fingerprint density at radius 2 is 1.69 bits per heavy atom. The van der Waals surface area contributed by atoms with E-state index in [4.69, 9.17) is 4.74 Å². The van der Waals surface area contributed by atoms with Crippen LogP contribution in [0.2, 0.25) is 0 Å². The molecule has 0 aromatic rings. The van der Waals surface area contributed by atoms with Gasteiger partial charge in [0.2, 0.25) is 0 Å². The SMILES string of the molecule is CNC(=O)NCC(C)(C)COCC(C)(C)C. The van der Waals surface area contributed by atoms with Crippen molar-refractivity contribution in [3.8, 4) is 0 Å². The molecule has 0 atom stereocenters. The highest BCUT2D eigenvalue weighted by Gasteiger charge is 2.20. The molecule has 0 aliphatic rings. The van der Waals surface area contributed by atoms with Gasteiger partial charge in [0, 0.05) is 19.0 Å². The molecule has 2 amide bonds. The van der Waals surface area contributed by atoms with Gasteiger partial charge in [-0.15, -0.1) is 0 Å². The standard InChI is InChI=1S/C12H26N2O2/c1-11(2,3)8-16-9-12(4,5)7-14-10(15)13-6/h7-9H2,1-6H3,(H2,13,14,15). The Labute approximate surface area is 99.1 Å². The van der Waals surface area contributed by atoms with Crippen molar-refractivity contribution in [2.45, 2.75) is 34.6 Å². The van der Waals surface area contributed by atoms with Crippen molar-refractivity contribution in [2.75, 3.05) is 26.8 Å². The van der Waals surface area contributed by atoms with Gasteiger partial charge in [-0.1, -0.05) is 34.6 Å². The molecular weight excluding hydrogens is 204 g/mol. The van der Waals surface area contributed by atoms with Crippen LogP contribution in [0.4, 0.5) is 4.79 Å². The predicted molar refractivity (Wildman–Crippen MR) is 66.5 cm³/mol. The molecule has 0 aliphatic heterocycles. The molecule has 2 N–H and O–H groups in total. The Bertz CT molecular complexity index is 220. The monoisotopic (exact) mass is 230 g/mol. The van der Waals surface area contributed by atoms with Gasteiger partial charge in [-0.2, -0.15) is 0 Å². The summed E-state index contributed by atoms with van der Waals surface area (Å²) in [4.78, 5) is 11.0. The number of ether oxygens (including phenoxy) is 1. The van der Waals surface area contributed by atoms with Gasteiger partial charge in [0.15, 0.2) is 0 Å². The van der Waals surface area contributed by atoms with Crippen LogP contribution >= 0.6 is 0 Å². The van der Waals surface area contributed by atoms with Gasteiger partial charge < -0.3 is 15.4 Å². The van der Waals surface area contributed by atoms with Crippen molar-refractivity contribution in [3.63, 3.8) is 0 Å². The average Bonchev–Trinajstić information content (AvgIpc) is 2.12. The lowest BCUT2D eigenvalue weighted by atomic mass is 9.94. The number of amides is 2. The van der Waals surface area contributed by atoms with Crippen LogP contribution in [-0.2, 0) is 4.74 Å². The summed E-state index contributed by atoms with van der Waals surface area (Å²) < 4.78 is 5.66. The zero-order valence-electron chi connectivity index (χ0n) is 11.4. The van der Waals surface area contributed by atoms with E-state index >= 15 is 0 Å². The minimum absolute atomic E-state index is 0.0439. The fourth-order valence-electron chi connectivity index (χ4n) is 1.09. The first-order valence-electron chi connectivity index (χ1n) is 5.70. The first-order valence-corrected chi connectivity index (χ1v) is 5.70. The van der Waals surface area contributed by atoms with E-state index in [0.717, 1.165) is 6.61 Å². The van der Waals surface area contributed by atoms with Crippen LogP contribution in [0.1, 0.15) is 34.6 Å². The van der Waals surface area contributed by atoms with Crippen molar-refractivity contribution < 1.29 is 9.53 Å². The summed E-state index contributed by atoms with van der Waals surface area (Å²) in [5, 5.41) is 5.32. The zero-order chi connectivity index (χ0) is 12.8. The van der Waals surface area contributed by atoms with Gasteiger partial charge in [0.05, 0.1) is 13.2 Å². The maximum absolute atomic E-state index is 11.0. The highest BCUT2D eigenvalue weighted by atomic mass is 16.5. The third-order valence-electron chi connectivity index (χ3n) is 1.98. The molecule has 0 fully saturated rings. The second kappa shape index (κ2) is 6.09. The molecule has 0 saturated heterocycles. The van der Waals surface area contributed by atoms with Gasteiger partial charge in [-0.3, -0.25) is 0 Å². The number of hydrogen-bond donors (Lipinski definition) is 2. The van der Waals surface area contributed by atoms with E-state index in [1.165, 1.54) is 0 Å². The number of rotatable bonds is 5. The van der Waals surface area contributed by atoms with E-state index in [9.17, 15) is 4.79 Å². The lowest BCUT2D eigenvalue weighted by Crippen LogP contribution is -2.41. The largest absolute Gasteiger partial charge is 0.380 e. The second-order valence-electron chi connectivity index (χ2n) is 6.15. The molecule has 0 spiro atoms. The molecule has 0 aromatic carbocycles. The third kappa shape index (κ3) is 8.53. The van der Waals surface area contributed by atoms with E-state index in [-0.39, 0.29) is 16.9 Å². The Balaban J connectivity index is 3.82. The fourth-order valence-corrected chi connectivity index (χ4v) is 1.09. The molecule has 0 saturated carbocycles. The lowest BCUT2D eigenvalue weighted by Gasteiger charge is -2.27. The van der Waals surface area contributed by atoms with Crippen LogP contribution in [-0.4, -0.2) is 32.8 Å². The van der Waals surface area contributed by atoms with E-state index in [0.29, 0.717) is 13.2 Å². The molecule has 0 rings (SSSR count). The van der Waals surface area contributed by atoms with Gasteiger partial charge in [0.1, 0.15) is 0 Å². The molecule has 96 valence electrons. The van der Waals surface area contributed by atoms with Crippen LogP contribution in [0.5, 0.6) is 0 Å². The topological polar surface area (TPSA) is 50.4 Å². The zero-order valence-corrected chi connectivity index (χ0v) is 11.4. The number of urea groups is 1. The maximum atomic E-state index is 11.0. The first kappa shape index (κ1) is 15.2. The van der Waals surface area contributed by atoms with E-state index < -0.39 is 0 Å². The predicted octanol–water partition coefficient (Wildman–Crippen LogP) is 2.00.